The molecule has 0 aliphatic heterocycles. The summed E-state index contributed by atoms with van der Waals surface area (Å²) in [5, 5.41) is 3.54. The Morgan fingerprint density at radius 1 is 0.952 bits per heavy atom. The molecule has 0 aliphatic carbocycles. The summed E-state index contributed by atoms with van der Waals surface area (Å²) in [5.41, 5.74) is 1.13. The van der Waals surface area contributed by atoms with E-state index in [0.717, 1.165) is 18.0 Å². The van der Waals surface area contributed by atoms with Crippen molar-refractivity contribution in [2.24, 2.45) is 5.92 Å². The van der Waals surface area contributed by atoms with Crippen LogP contribution in [0.25, 0.3) is 0 Å². The highest BCUT2D eigenvalue weighted by Gasteiger charge is 2.16. The fourth-order valence-electron chi connectivity index (χ4n) is 2.30. The number of nitrogens with one attached hydrogen (secondary N) is 1. The fourth-order valence-corrected chi connectivity index (χ4v) is 2.30. The summed E-state index contributed by atoms with van der Waals surface area (Å²) in [6.45, 7) is 7.66. The van der Waals surface area contributed by atoms with E-state index in [9.17, 15) is 0 Å². The second kappa shape index (κ2) is 8.78. The van der Waals surface area contributed by atoms with E-state index in [1.807, 2.05) is 12.1 Å². The Morgan fingerprint density at radius 3 is 1.95 bits per heavy atom. The summed E-state index contributed by atoms with van der Waals surface area (Å²) in [7, 11) is 4.90. The standard InChI is InChI=1S/C17H29NO3/c1-12(2)8-7-9-18-13(3)14-10-15(19-4)17(21-6)16(11-14)20-5/h10-13,18H,7-9H2,1-6H3. The van der Waals surface area contributed by atoms with Gasteiger partial charge in [0, 0.05) is 6.04 Å². The normalized spacial score (nSPS) is 12.3. The molecule has 1 aromatic rings. The Kier molecular flexibility index (Phi) is 7.37. The summed E-state index contributed by atoms with van der Waals surface area (Å²) in [6.07, 6.45) is 2.43. The molecule has 1 rings (SSSR count). The number of hydrogen-bond donors (Lipinski definition) is 1. The van der Waals surface area contributed by atoms with E-state index < -0.39 is 0 Å². The molecule has 4 heteroatoms. The maximum atomic E-state index is 5.39. The van der Waals surface area contributed by atoms with Crippen molar-refractivity contribution in [2.45, 2.75) is 39.7 Å². The first-order valence-electron chi connectivity index (χ1n) is 7.56. The molecule has 1 N–H and O–H groups in total. The average Bonchev–Trinajstić information content (AvgIpc) is 2.49. The molecule has 120 valence electrons. The van der Waals surface area contributed by atoms with Crippen molar-refractivity contribution in [3.8, 4) is 17.2 Å². The summed E-state index contributed by atoms with van der Waals surface area (Å²) >= 11 is 0. The molecule has 21 heavy (non-hydrogen) atoms. The van der Waals surface area contributed by atoms with Crippen LogP contribution in [-0.2, 0) is 0 Å². The molecule has 1 unspecified atom stereocenters. The first-order chi connectivity index (χ1) is 10.0. The van der Waals surface area contributed by atoms with Crippen molar-refractivity contribution in [2.75, 3.05) is 27.9 Å². The molecule has 0 saturated carbocycles. The van der Waals surface area contributed by atoms with Crippen LogP contribution in [0.4, 0.5) is 0 Å². The predicted octanol–water partition coefficient (Wildman–Crippen LogP) is 3.80. The van der Waals surface area contributed by atoms with E-state index in [0.29, 0.717) is 17.2 Å². The third kappa shape index (κ3) is 5.12. The largest absolute Gasteiger partial charge is 0.493 e. The summed E-state index contributed by atoms with van der Waals surface area (Å²) in [5.74, 6) is 2.78. The Labute approximate surface area is 128 Å². The van der Waals surface area contributed by atoms with Gasteiger partial charge in [-0.3, -0.25) is 0 Å². The quantitative estimate of drug-likeness (QED) is 0.703. The van der Waals surface area contributed by atoms with Gasteiger partial charge in [-0.2, -0.15) is 0 Å². The molecule has 0 aromatic heterocycles. The van der Waals surface area contributed by atoms with Gasteiger partial charge in [0.1, 0.15) is 0 Å². The number of rotatable bonds is 9. The summed E-state index contributed by atoms with van der Waals surface area (Å²) in [6, 6.07) is 4.24. The van der Waals surface area contributed by atoms with Crippen LogP contribution < -0.4 is 19.5 Å². The molecule has 0 fully saturated rings. The molecule has 0 spiro atoms. The lowest BCUT2D eigenvalue weighted by atomic mass is 10.1. The Morgan fingerprint density at radius 2 is 1.52 bits per heavy atom. The molecular formula is C17H29NO3. The van der Waals surface area contributed by atoms with E-state index in [1.54, 1.807) is 21.3 Å². The Hall–Kier alpha value is -1.42. The zero-order valence-corrected chi connectivity index (χ0v) is 14.2. The number of methoxy groups -OCH3 is 3. The lowest BCUT2D eigenvalue weighted by Crippen LogP contribution is -2.20. The van der Waals surface area contributed by atoms with E-state index in [-0.39, 0.29) is 6.04 Å². The molecular weight excluding hydrogens is 266 g/mol. The topological polar surface area (TPSA) is 39.7 Å². The lowest BCUT2D eigenvalue weighted by molar-refractivity contribution is 0.323. The minimum absolute atomic E-state index is 0.242. The van der Waals surface area contributed by atoms with E-state index in [4.69, 9.17) is 14.2 Å². The predicted molar refractivity (Wildman–Crippen MR) is 86.6 cm³/mol. The zero-order valence-electron chi connectivity index (χ0n) is 14.2. The van der Waals surface area contributed by atoms with Gasteiger partial charge in [0.15, 0.2) is 11.5 Å². The third-order valence-corrected chi connectivity index (χ3v) is 3.60. The van der Waals surface area contributed by atoms with Gasteiger partial charge >= 0.3 is 0 Å². The van der Waals surface area contributed by atoms with Gasteiger partial charge < -0.3 is 19.5 Å². The summed E-state index contributed by atoms with van der Waals surface area (Å²) in [4.78, 5) is 0. The van der Waals surface area contributed by atoms with Crippen LogP contribution in [0.1, 0.15) is 45.2 Å². The molecule has 0 radical (unpaired) electrons. The molecule has 4 nitrogen and oxygen atoms in total. The van der Waals surface area contributed by atoms with Gasteiger partial charge in [-0.05, 0) is 49.9 Å². The monoisotopic (exact) mass is 295 g/mol. The van der Waals surface area contributed by atoms with Crippen molar-refractivity contribution in [1.82, 2.24) is 5.32 Å². The third-order valence-electron chi connectivity index (χ3n) is 3.60. The van der Waals surface area contributed by atoms with Crippen LogP contribution in [0.3, 0.4) is 0 Å². The van der Waals surface area contributed by atoms with Crippen LogP contribution in [0.5, 0.6) is 17.2 Å². The van der Waals surface area contributed by atoms with Gasteiger partial charge in [-0.1, -0.05) is 13.8 Å². The first kappa shape index (κ1) is 17.6. The van der Waals surface area contributed by atoms with Crippen molar-refractivity contribution in [3.05, 3.63) is 17.7 Å². The molecule has 1 atom stereocenters. The molecule has 0 bridgehead atoms. The highest BCUT2D eigenvalue weighted by Crippen LogP contribution is 2.39. The van der Waals surface area contributed by atoms with Gasteiger partial charge in [0.25, 0.3) is 0 Å². The fraction of sp³-hybridized carbons (Fsp3) is 0.647. The Balaban J connectivity index is 2.77. The van der Waals surface area contributed by atoms with Crippen molar-refractivity contribution in [1.29, 1.82) is 0 Å². The van der Waals surface area contributed by atoms with Crippen LogP contribution in [0, 0.1) is 5.92 Å². The first-order valence-corrected chi connectivity index (χ1v) is 7.56. The van der Waals surface area contributed by atoms with Crippen LogP contribution in [0.2, 0.25) is 0 Å². The highest BCUT2D eigenvalue weighted by atomic mass is 16.5. The average molecular weight is 295 g/mol. The maximum absolute atomic E-state index is 5.39. The molecule has 0 aliphatic rings. The van der Waals surface area contributed by atoms with E-state index in [2.05, 4.69) is 26.1 Å². The van der Waals surface area contributed by atoms with Crippen LogP contribution in [0.15, 0.2) is 12.1 Å². The van der Waals surface area contributed by atoms with Crippen molar-refractivity contribution < 1.29 is 14.2 Å². The minimum atomic E-state index is 0.242. The second-order valence-corrected chi connectivity index (χ2v) is 5.67. The SMILES string of the molecule is COc1cc(C(C)NCCCC(C)C)cc(OC)c1OC. The molecule has 0 saturated heterocycles. The molecule has 0 amide bonds. The van der Waals surface area contributed by atoms with Crippen molar-refractivity contribution >= 4 is 0 Å². The number of ether oxygens (including phenoxy) is 3. The van der Waals surface area contributed by atoms with Gasteiger partial charge in [-0.15, -0.1) is 0 Å². The van der Waals surface area contributed by atoms with E-state index >= 15 is 0 Å². The van der Waals surface area contributed by atoms with E-state index in [1.165, 1.54) is 12.8 Å². The number of hydrogen-bond acceptors (Lipinski definition) is 4. The maximum Gasteiger partial charge on any atom is 0.203 e. The number of benzene rings is 1. The van der Waals surface area contributed by atoms with Crippen LogP contribution in [-0.4, -0.2) is 27.9 Å². The van der Waals surface area contributed by atoms with Crippen molar-refractivity contribution in [3.63, 3.8) is 0 Å². The van der Waals surface area contributed by atoms with Gasteiger partial charge in [-0.25, -0.2) is 0 Å². The van der Waals surface area contributed by atoms with Gasteiger partial charge in [0.2, 0.25) is 5.75 Å². The lowest BCUT2D eigenvalue weighted by Gasteiger charge is -2.19. The second-order valence-electron chi connectivity index (χ2n) is 5.67. The smallest absolute Gasteiger partial charge is 0.203 e. The van der Waals surface area contributed by atoms with Crippen LogP contribution >= 0.6 is 0 Å². The molecule has 1 aromatic carbocycles. The molecule has 0 heterocycles. The zero-order chi connectivity index (χ0) is 15.8. The Bertz CT molecular complexity index is 407. The summed E-state index contributed by atoms with van der Waals surface area (Å²) < 4.78 is 16.1. The minimum Gasteiger partial charge on any atom is -0.493 e. The highest BCUT2D eigenvalue weighted by molar-refractivity contribution is 5.54. The van der Waals surface area contributed by atoms with Gasteiger partial charge in [0.05, 0.1) is 21.3 Å².